The summed E-state index contributed by atoms with van der Waals surface area (Å²) in [5.74, 6) is -0.0250. The molecule has 1 fully saturated rings. The fourth-order valence-corrected chi connectivity index (χ4v) is 5.87. The molecule has 39 heavy (non-hydrogen) atoms. The number of halogens is 4. The highest BCUT2D eigenvalue weighted by Crippen LogP contribution is 2.29. The van der Waals surface area contributed by atoms with Crippen molar-refractivity contribution in [3.63, 3.8) is 0 Å². The van der Waals surface area contributed by atoms with Crippen molar-refractivity contribution in [2.45, 2.75) is 57.2 Å². The van der Waals surface area contributed by atoms with E-state index in [4.69, 9.17) is 39.5 Å². The van der Waals surface area contributed by atoms with Gasteiger partial charge in [0.05, 0.1) is 14.5 Å². The second-order valence-corrected chi connectivity index (χ2v) is 11.8. The normalized spacial score (nSPS) is 14.5. The Kier molecular flexibility index (Phi) is 11.0. The molecule has 9 heteroatoms. The molecule has 0 saturated heterocycles. The second-order valence-electron chi connectivity index (χ2n) is 9.68. The summed E-state index contributed by atoms with van der Waals surface area (Å²) in [7, 11) is 0. The van der Waals surface area contributed by atoms with E-state index in [1.54, 1.807) is 35.2 Å². The number of amides is 2. The lowest BCUT2D eigenvalue weighted by atomic mass is 9.94. The summed E-state index contributed by atoms with van der Waals surface area (Å²) in [6.45, 7) is -0.0972. The minimum atomic E-state index is -0.756. The third kappa shape index (κ3) is 8.62. The zero-order chi connectivity index (χ0) is 27.8. The van der Waals surface area contributed by atoms with Gasteiger partial charge in [-0.3, -0.25) is 9.59 Å². The zero-order valence-electron chi connectivity index (χ0n) is 21.3. The molecule has 4 rings (SSSR count). The van der Waals surface area contributed by atoms with Gasteiger partial charge in [-0.15, -0.1) is 0 Å². The number of hydrogen-bond donors (Lipinski definition) is 1. The Morgan fingerprint density at radius 3 is 2.36 bits per heavy atom. The predicted molar refractivity (Wildman–Crippen MR) is 161 cm³/mol. The maximum atomic E-state index is 13.8. The quantitative estimate of drug-likeness (QED) is 0.243. The van der Waals surface area contributed by atoms with Crippen molar-refractivity contribution in [2.75, 3.05) is 6.61 Å². The minimum absolute atomic E-state index is 0.104. The third-order valence-corrected chi connectivity index (χ3v) is 8.40. The first-order valence-electron chi connectivity index (χ1n) is 13.0. The van der Waals surface area contributed by atoms with Crippen LogP contribution in [0.4, 0.5) is 0 Å². The Morgan fingerprint density at radius 1 is 0.923 bits per heavy atom. The number of benzene rings is 3. The number of ether oxygens (including phenoxy) is 1. The molecule has 1 atom stereocenters. The van der Waals surface area contributed by atoms with Crippen LogP contribution in [0.1, 0.15) is 43.2 Å². The average molecular weight is 653 g/mol. The Bertz CT molecular complexity index is 1290. The monoisotopic (exact) mass is 650 g/mol. The summed E-state index contributed by atoms with van der Waals surface area (Å²) < 4.78 is 6.50. The van der Waals surface area contributed by atoms with Gasteiger partial charge in [-0.05, 0) is 70.2 Å². The highest BCUT2D eigenvalue weighted by atomic mass is 79.9. The molecule has 2 amide bonds. The van der Waals surface area contributed by atoms with Gasteiger partial charge < -0.3 is 15.0 Å². The van der Waals surface area contributed by atoms with Crippen LogP contribution in [0.3, 0.4) is 0 Å². The minimum Gasteiger partial charge on any atom is -0.483 e. The Balaban J connectivity index is 1.63. The number of nitrogens with one attached hydrogen (secondary N) is 1. The molecule has 0 radical (unpaired) electrons. The van der Waals surface area contributed by atoms with Gasteiger partial charge in [0.25, 0.3) is 5.91 Å². The van der Waals surface area contributed by atoms with Gasteiger partial charge in [0.15, 0.2) is 6.61 Å². The second kappa shape index (κ2) is 14.4. The highest BCUT2D eigenvalue weighted by Gasteiger charge is 2.32. The largest absolute Gasteiger partial charge is 0.483 e. The Labute approximate surface area is 252 Å². The van der Waals surface area contributed by atoms with E-state index in [2.05, 4.69) is 21.2 Å². The van der Waals surface area contributed by atoms with E-state index in [0.29, 0.717) is 31.7 Å². The van der Waals surface area contributed by atoms with Crippen LogP contribution in [-0.4, -0.2) is 35.4 Å². The molecule has 0 aromatic heterocycles. The molecule has 3 aromatic carbocycles. The highest BCUT2D eigenvalue weighted by molar-refractivity contribution is 9.10. The molecule has 1 N–H and O–H groups in total. The number of rotatable bonds is 10. The van der Waals surface area contributed by atoms with Crippen molar-refractivity contribution in [2.24, 2.45) is 0 Å². The molecule has 0 spiro atoms. The zero-order valence-corrected chi connectivity index (χ0v) is 25.2. The molecule has 1 aliphatic rings. The fourth-order valence-electron chi connectivity index (χ4n) is 4.75. The summed E-state index contributed by atoms with van der Waals surface area (Å²) in [5, 5.41) is 4.58. The third-order valence-electron chi connectivity index (χ3n) is 6.80. The van der Waals surface area contributed by atoms with Gasteiger partial charge in [-0.1, -0.05) is 90.5 Å². The molecular weight excluding hydrogens is 623 g/mol. The summed E-state index contributed by atoms with van der Waals surface area (Å²) >= 11 is 21.9. The van der Waals surface area contributed by atoms with Crippen LogP contribution in [0.2, 0.25) is 15.1 Å². The van der Waals surface area contributed by atoms with Crippen molar-refractivity contribution >= 4 is 62.5 Å². The van der Waals surface area contributed by atoms with Crippen LogP contribution in [-0.2, 0) is 22.6 Å². The van der Waals surface area contributed by atoms with E-state index in [1.807, 2.05) is 36.4 Å². The van der Waals surface area contributed by atoms with Crippen LogP contribution >= 0.6 is 50.7 Å². The SMILES string of the molecule is O=C(NC1CCCCC1)[C@H](Cc1ccccc1)N(Cc1ccc(Cl)c(Cl)c1)C(=O)COc1ccc(Cl)cc1Br. The van der Waals surface area contributed by atoms with Crippen LogP contribution in [0.5, 0.6) is 5.75 Å². The lowest BCUT2D eigenvalue weighted by molar-refractivity contribution is -0.143. The van der Waals surface area contributed by atoms with E-state index < -0.39 is 6.04 Å². The smallest absolute Gasteiger partial charge is 0.261 e. The van der Waals surface area contributed by atoms with Crippen molar-refractivity contribution in [1.82, 2.24) is 10.2 Å². The summed E-state index contributed by atoms with van der Waals surface area (Å²) in [4.78, 5) is 29.2. The summed E-state index contributed by atoms with van der Waals surface area (Å²) in [6, 6.07) is 19.4. The number of carbonyl (C=O) groups excluding carboxylic acids is 2. The van der Waals surface area contributed by atoms with Gasteiger partial charge in [0.1, 0.15) is 11.8 Å². The molecule has 0 bridgehead atoms. The molecule has 3 aromatic rings. The lowest BCUT2D eigenvalue weighted by Crippen LogP contribution is -2.53. The van der Waals surface area contributed by atoms with E-state index in [9.17, 15) is 9.59 Å². The number of hydrogen-bond acceptors (Lipinski definition) is 3. The van der Waals surface area contributed by atoms with Gasteiger partial charge in [-0.25, -0.2) is 0 Å². The maximum Gasteiger partial charge on any atom is 0.261 e. The van der Waals surface area contributed by atoms with E-state index in [0.717, 1.165) is 36.8 Å². The standard InChI is InChI=1S/C30H30BrCl3N2O3/c31-24-17-22(32)12-14-28(24)39-19-29(37)36(18-21-11-13-25(33)26(34)15-21)27(16-20-7-3-1-4-8-20)30(38)35-23-9-5-2-6-10-23/h1,3-4,7-8,11-15,17,23,27H,2,5-6,9-10,16,18-19H2,(H,35,38)/t27-/m0/s1. The first-order chi connectivity index (χ1) is 18.8. The summed E-state index contributed by atoms with van der Waals surface area (Å²) in [6.07, 6.45) is 5.60. The number of nitrogens with zero attached hydrogens (tertiary/aromatic N) is 1. The van der Waals surface area contributed by atoms with E-state index >= 15 is 0 Å². The predicted octanol–water partition coefficient (Wildman–Crippen LogP) is 7.88. The van der Waals surface area contributed by atoms with E-state index in [1.165, 1.54) is 6.42 Å². The molecule has 5 nitrogen and oxygen atoms in total. The average Bonchev–Trinajstić information content (AvgIpc) is 2.93. The van der Waals surface area contributed by atoms with Crippen molar-refractivity contribution in [3.05, 3.63) is 97.4 Å². The van der Waals surface area contributed by atoms with Crippen molar-refractivity contribution < 1.29 is 14.3 Å². The maximum absolute atomic E-state index is 13.8. The molecule has 206 valence electrons. The molecule has 0 aliphatic heterocycles. The fraction of sp³-hybridized carbons (Fsp3) is 0.333. The van der Waals surface area contributed by atoms with Crippen LogP contribution in [0.15, 0.2) is 71.2 Å². The lowest BCUT2D eigenvalue weighted by Gasteiger charge is -2.33. The van der Waals surface area contributed by atoms with Gasteiger partial charge >= 0.3 is 0 Å². The molecule has 1 saturated carbocycles. The first-order valence-corrected chi connectivity index (χ1v) is 14.9. The van der Waals surface area contributed by atoms with Crippen LogP contribution < -0.4 is 10.1 Å². The number of carbonyl (C=O) groups is 2. The molecule has 0 heterocycles. The van der Waals surface area contributed by atoms with Crippen LogP contribution in [0.25, 0.3) is 0 Å². The van der Waals surface area contributed by atoms with Gasteiger partial charge in [-0.2, -0.15) is 0 Å². The molecular formula is C30H30BrCl3N2O3. The van der Waals surface area contributed by atoms with Crippen LogP contribution in [0, 0.1) is 0 Å². The van der Waals surface area contributed by atoms with E-state index in [-0.39, 0.29) is 31.0 Å². The molecule has 1 aliphatic carbocycles. The van der Waals surface area contributed by atoms with Crippen molar-refractivity contribution in [3.8, 4) is 5.75 Å². The van der Waals surface area contributed by atoms with Gasteiger partial charge in [0, 0.05) is 24.0 Å². The Morgan fingerprint density at radius 2 is 1.67 bits per heavy atom. The first kappa shape index (κ1) is 29.7. The molecule has 0 unspecified atom stereocenters. The van der Waals surface area contributed by atoms with Gasteiger partial charge in [0.2, 0.25) is 5.91 Å². The van der Waals surface area contributed by atoms with Crippen molar-refractivity contribution in [1.29, 1.82) is 0 Å². The topological polar surface area (TPSA) is 58.6 Å². The summed E-state index contributed by atoms with van der Waals surface area (Å²) in [5.41, 5.74) is 1.71. The Hall–Kier alpha value is -2.25.